The summed E-state index contributed by atoms with van der Waals surface area (Å²) >= 11 is 0. The van der Waals surface area contributed by atoms with Crippen LogP contribution >= 0.6 is 21.6 Å². The summed E-state index contributed by atoms with van der Waals surface area (Å²) in [5.74, 6) is -16.6. The number of benzene rings is 7. The number of fused-ring (bicyclic) bond motifs is 10. The first-order valence-electron chi connectivity index (χ1n) is 47.7. The van der Waals surface area contributed by atoms with Gasteiger partial charge in [-0.15, -0.1) is 0 Å². The fourth-order valence-corrected chi connectivity index (χ4v) is 22.4. The number of aromatic hydroxyl groups is 2. The number of nitrogens with zero attached hydrogens (tertiary/aromatic N) is 3. The normalized spacial score (nSPS) is 24.0. The highest BCUT2D eigenvalue weighted by atomic mass is 33.1. The number of aryl methyl sites for hydroxylation is 1. The molecule has 766 valence electrons. The Balaban J connectivity index is 0.700. The van der Waals surface area contributed by atoms with E-state index in [-0.39, 0.29) is 117 Å². The van der Waals surface area contributed by atoms with Crippen molar-refractivity contribution in [1.82, 2.24) is 52.8 Å². The van der Waals surface area contributed by atoms with Gasteiger partial charge >= 0.3 is 11.9 Å². The first-order chi connectivity index (χ1) is 69.2. The van der Waals surface area contributed by atoms with Gasteiger partial charge in [0, 0.05) is 114 Å². The maximum atomic E-state index is 14.9. The lowest BCUT2D eigenvalue weighted by molar-refractivity contribution is -0.436. The number of rotatable bonds is 29. The van der Waals surface area contributed by atoms with E-state index in [1.165, 1.54) is 32.2 Å². The fourth-order valence-electron chi connectivity index (χ4n) is 20.1. The Kier molecular flexibility index (Phi) is 33.7. The monoisotopic (exact) mass is 2030 g/mol. The quantitative estimate of drug-likeness (QED) is 0.00585. The van der Waals surface area contributed by atoms with Gasteiger partial charge in [-0.2, -0.15) is 4.58 Å². The van der Waals surface area contributed by atoms with Gasteiger partial charge in [0.15, 0.2) is 36.1 Å². The zero-order chi connectivity index (χ0) is 104. The summed E-state index contributed by atoms with van der Waals surface area (Å²) in [6.45, 7) is 8.69. The van der Waals surface area contributed by atoms with Crippen LogP contribution in [0.15, 0.2) is 163 Å². The summed E-state index contributed by atoms with van der Waals surface area (Å²) in [6.07, 6.45) is 4.70. The van der Waals surface area contributed by atoms with Crippen LogP contribution in [0.2, 0.25) is 0 Å². The number of guanidine groups is 1. The summed E-state index contributed by atoms with van der Waals surface area (Å²) < 4.78 is 20.2. The molecule has 7 aromatic rings. The first-order valence-corrected chi connectivity index (χ1v) is 50.2. The predicted molar refractivity (Wildman–Crippen MR) is 537 cm³/mol. The van der Waals surface area contributed by atoms with Crippen LogP contribution in [-0.4, -0.2) is 281 Å². The van der Waals surface area contributed by atoms with E-state index in [1.54, 1.807) is 24.3 Å². The number of carbonyl (C=O) groups excluding carboxylic acids is 12. The van der Waals surface area contributed by atoms with Gasteiger partial charge in [0.05, 0.1) is 73.5 Å². The van der Waals surface area contributed by atoms with Crippen molar-refractivity contribution in [1.29, 1.82) is 5.41 Å². The highest BCUT2D eigenvalue weighted by Crippen LogP contribution is 2.55. The Morgan fingerprint density at radius 2 is 1.40 bits per heavy atom. The van der Waals surface area contributed by atoms with E-state index in [4.69, 9.17) is 25.4 Å². The van der Waals surface area contributed by atoms with Gasteiger partial charge in [0.25, 0.3) is 0 Å². The third-order valence-electron chi connectivity index (χ3n) is 27.4. The van der Waals surface area contributed by atoms with E-state index in [0.29, 0.717) is 5.56 Å². The maximum Gasteiger partial charge on any atom is 0.326 e. The van der Waals surface area contributed by atoms with Crippen molar-refractivity contribution < 1.29 is 127 Å². The van der Waals surface area contributed by atoms with Crippen molar-refractivity contribution in [2.24, 2.45) is 5.73 Å². The van der Waals surface area contributed by atoms with Crippen molar-refractivity contribution in [3.63, 3.8) is 0 Å². The van der Waals surface area contributed by atoms with Gasteiger partial charge in [0.1, 0.15) is 77.9 Å². The molecule has 2 aliphatic carbocycles. The molecule has 14 rings (SSSR count). The van der Waals surface area contributed by atoms with Crippen molar-refractivity contribution in [2.45, 2.75) is 202 Å². The van der Waals surface area contributed by atoms with Crippen LogP contribution < -0.4 is 63.2 Å². The number of carboxylic acids is 2. The van der Waals surface area contributed by atoms with E-state index >= 15 is 0 Å². The van der Waals surface area contributed by atoms with Gasteiger partial charge in [-0.3, -0.25) is 67.7 Å². The molecule has 0 radical (unpaired) electrons. The van der Waals surface area contributed by atoms with Crippen LogP contribution in [0.4, 0.5) is 11.4 Å². The third kappa shape index (κ3) is 23.4. The van der Waals surface area contributed by atoms with E-state index in [2.05, 4.69) is 80.1 Å². The summed E-state index contributed by atoms with van der Waals surface area (Å²) in [5.41, 5.74) is 6.33. The van der Waals surface area contributed by atoms with Crippen molar-refractivity contribution in [3.05, 3.63) is 219 Å². The van der Waals surface area contributed by atoms with E-state index in [0.717, 1.165) is 87.5 Å². The Hall–Kier alpha value is -14.2. The third-order valence-corrected chi connectivity index (χ3v) is 29.8. The number of allylic oxidation sites excluding steroid dienone is 8. The van der Waals surface area contributed by atoms with Crippen LogP contribution in [0.25, 0.3) is 21.5 Å². The molecule has 3 fully saturated rings. The predicted octanol–water partition coefficient (Wildman–Crippen LogP) is 4.45. The molecule has 13 atom stereocenters. The molecule has 3 saturated heterocycles. The summed E-state index contributed by atoms with van der Waals surface area (Å²) in [5, 5.41) is 124. The Morgan fingerprint density at radius 3 is 2.10 bits per heavy atom. The van der Waals surface area contributed by atoms with Crippen molar-refractivity contribution >= 4 is 149 Å². The number of ether oxygens (including phenoxy) is 3. The van der Waals surface area contributed by atoms with Crippen LogP contribution in [0.3, 0.4) is 0 Å². The van der Waals surface area contributed by atoms with E-state index in [9.17, 15) is 108 Å². The number of amides is 9. The van der Waals surface area contributed by atoms with Crippen LogP contribution in [0.5, 0.6) is 17.2 Å². The average molecular weight is 2030 g/mol. The minimum Gasteiger partial charge on any atom is -0.507 e. The molecule has 7 aliphatic rings. The summed E-state index contributed by atoms with van der Waals surface area (Å²) in [6, 6.07) is 22.7. The van der Waals surface area contributed by atoms with Crippen molar-refractivity contribution in [2.75, 3.05) is 69.5 Å². The number of ketones is 3. The zero-order valence-electron chi connectivity index (χ0n) is 80.8. The Labute approximate surface area is 842 Å². The molecule has 0 saturated carbocycles. The number of Topliss-reactive ketones (excluding diaryl/α,β-unsaturated/α-hetero) is 1. The minimum absolute atomic E-state index is 0.00354. The van der Waals surface area contributed by atoms with Gasteiger partial charge in [-0.05, 0) is 110 Å². The second kappa shape index (κ2) is 45.8. The number of anilines is 1. The lowest BCUT2D eigenvalue weighted by atomic mass is 9.72. The maximum absolute atomic E-state index is 14.9. The number of phenolic OH excluding ortho intramolecular Hbond substituents is 2. The Morgan fingerprint density at radius 1 is 0.731 bits per heavy atom. The van der Waals surface area contributed by atoms with Crippen molar-refractivity contribution in [3.8, 4) is 17.2 Å². The van der Waals surface area contributed by atoms with E-state index < -0.39 is 239 Å². The van der Waals surface area contributed by atoms with Crippen LogP contribution in [-0.2, 0) is 90.7 Å². The number of aliphatic hydroxyl groups excluding tert-OH is 3. The highest BCUT2D eigenvalue weighted by Gasteiger charge is 2.53. The second-order valence-electron chi connectivity index (χ2n) is 37.9. The number of carbonyl (C=O) groups is 14. The molecule has 9 amide bonds. The topological polar surface area (TPSA) is 596 Å². The SMILES string of the molecule is COc1cccc2c1C(=O)c1c(O)c3c(c(O)c1C2=O)C[C@@](O)(C(=O)CO)C[C@@H]3O[C@H]1C[C@H](NC(=O)CC[N+]2=C(/C=C/C=C/C=C/C=C3/N(CCC(=O)N[C@@H]4CSSC[C@@H](C(=O)NC(Cc5ccc(C)cc5)C(=O)O)NC(=O)C5CCCN5C(=O)[C@H](CO)NC(=O)[C@H](CC(=O)O)NC(=O)[C@H](CCCNC(=N)N)NC(=O)CNC4=O)c4ccc5ccccc5c4C3(C)C)C(C)(C)c3c2ccc2ccccc32)[C@H](O)[C@H](C)O1. The molecule has 5 aliphatic heterocycles. The molecule has 5 heterocycles. The summed E-state index contributed by atoms with van der Waals surface area (Å²) in [7, 11) is 3.20. The zero-order valence-corrected chi connectivity index (χ0v) is 82.5. The molecule has 0 spiro atoms. The van der Waals surface area contributed by atoms with Crippen LogP contribution in [0, 0.1) is 12.3 Å². The van der Waals surface area contributed by atoms with Gasteiger partial charge in [-0.1, -0.05) is 162 Å². The number of aliphatic hydroxyl groups is 4. The Bertz CT molecular complexity index is 6480. The van der Waals surface area contributed by atoms with Gasteiger partial charge < -0.3 is 118 Å². The molecule has 7 aromatic carbocycles. The fraction of sp³-hybridized carbons (Fsp3) is 0.404. The highest BCUT2D eigenvalue weighted by molar-refractivity contribution is 8.76. The number of hydrogen-bond donors (Lipinski definition) is 19. The molecule has 0 aromatic heterocycles. The number of carboxylic acid groups (broad SMARTS) is 2. The summed E-state index contributed by atoms with van der Waals surface area (Å²) in [4.78, 5) is 200. The second-order valence-corrected chi connectivity index (χ2v) is 40.5. The van der Waals surface area contributed by atoms with E-state index in [1.807, 2.05) is 127 Å². The molecular weight excluding hydrogens is 1910 g/mol. The van der Waals surface area contributed by atoms with Gasteiger partial charge in [-0.25, -0.2) is 4.79 Å². The number of nitrogens with two attached hydrogens (primary N) is 1. The lowest BCUT2D eigenvalue weighted by Gasteiger charge is -2.43. The molecular formula is C104H119N14O25S2+. The molecule has 2 unspecified atom stereocenters. The lowest BCUT2D eigenvalue weighted by Crippen LogP contribution is -2.60. The van der Waals surface area contributed by atoms with Crippen LogP contribution in [0.1, 0.15) is 164 Å². The first kappa shape index (κ1) is 107. The van der Waals surface area contributed by atoms with Gasteiger partial charge in [0.2, 0.25) is 64.6 Å². The smallest absolute Gasteiger partial charge is 0.326 e. The largest absolute Gasteiger partial charge is 0.507 e. The molecule has 145 heavy (non-hydrogen) atoms. The molecule has 39 nitrogen and oxygen atoms in total. The number of methoxy groups -OCH3 is 1. The molecule has 0 bridgehead atoms. The standard InChI is InChI=1S/C104H118N14O25S2/c1-54-30-32-56(33-31-54)44-66(100(138)139)113-97(135)69-53-145-144-52-68(94(132)108-49-80(124)109-63(25-18-40-107-101(105)106)95(133)112-65(45-81(125)126)96(134)114-67(50-119)99(137)118-41-19-26-72(118)98(136)115-69)111-79(123)39-43-117-71-37-35-58-21-14-16-23-60(58)88(71)103(5,6)76(117)29-12-10-8-9-11-28-75-102(3,4)87-59-22-15-13-20-57(59)34-36-70(87)116(75)42-38-78(122)110-64-46-82(142-55(2)89(64)127)143-74-48-104(140,77(121)51-120)47-62-84(74)93(131)86-85(91(62)129)90(128)61-24-17-27-73(141-7)83(61)92(86)130/h8-17,20-24,27-37,55,63-69,72,74,82,89,119-120,127,140H,18-19,25-26,38-53H2,1-7H3,(H15-,105,106,107,108,109,110,111,112,113,114,115,122,123,124,125,126,128,129,130,131,132,133,134,135,136,138,139)/p+1/t55-,63-,64-,65-,66?,67-,68+,69-,72?,74-,82-,89+,104-/m0/s1. The molecule has 20 N–H and O–H groups in total. The number of hydrogen-bond acceptors (Lipinski definition) is 27. The average Bonchev–Trinajstić information content (AvgIpc) is 1.64. The number of phenols is 2. The number of nitrogens with one attached hydrogen (secondary N) is 10. The molecule has 41 heteroatoms. The number of aliphatic carboxylic acids is 2. The minimum atomic E-state index is -2.45.